The number of aromatic nitrogens is 3. The summed E-state index contributed by atoms with van der Waals surface area (Å²) in [4.78, 5) is 26.9. The minimum absolute atomic E-state index is 0.251. The zero-order valence-corrected chi connectivity index (χ0v) is 17.1. The molecule has 1 unspecified atom stereocenters. The molecule has 1 amide bonds. The van der Waals surface area contributed by atoms with Crippen molar-refractivity contribution in [3.8, 4) is 11.3 Å². The number of amides is 1. The summed E-state index contributed by atoms with van der Waals surface area (Å²) in [7, 11) is 0. The Balaban J connectivity index is 1.49. The van der Waals surface area contributed by atoms with Crippen LogP contribution in [0.5, 0.6) is 0 Å². The molecule has 30 heavy (non-hydrogen) atoms. The van der Waals surface area contributed by atoms with E-state index in [4.69, 9.17) is 22.1 Å². The third-order valence-corrected chi connectivity index (χ3v) is 5.19. The maximum atomic E-state index is 12.7. The first-order chi connectivity index (χ1) is 14.6. The van der Waals surface area contributed by atoms with Crippen LogP contribution < -0.4 is 16.0 Å². The highest BCUT2D eigenvalue weighted by Gasteiger charge is 2.18. The monoisotopic (exact) mass is 426 g/mol. The van der Waals surface area contributed by atoms with E-state index >= 15 is 0 Å². The Hall–Kier alpha value is -2.94. The van der Waals surface area contributed by atoms with Crippen molar-refractivity contribution in [1.82, 2.24) is 20.3 Å². The Morgan fingerprint density at radius 3 is 2.90 bits per heavy atom. The standard InChI is InChI=1S/C21H23ClN6O2/c22-16-3-1-2-14(10-16)19(12-23)26-20(29)18-11-15(13-25-18)17-4-5-24-21(27-17)28-6-8-30-9-7-28/h1-5,10-11,13,19,25H,6-9,12,23H2,(H,26,29). The number of benzene rings is 1. The van der Waals surface area contributed by atoms with Crippen LogP contribution in [-0.4, -0.2) is 53.7 Å². The average Bonchev–Trinajstić information content (AvgIpc) is 3.29. The third-order valence-electron chi connectivity index (χ3n) is 4.95. The van der Waals surface area contributed by atoms with Gasteiger partial charge in [-0.25, -0.2) is 9.97 Å². The smallest absolute Gasteiger partial charge is 0.268 e. The van der Waals surface area contributed by atoms with Gasteiger partial charge in [0.2, 0.25) is 5.95 Å². The molecule has 1 aliphatic heterocycles. The first kappa shape index (κ1) is 20.3. The minimum Gasteiger partial charge on any atom is -0.378 e. The van der Waals surface area contributed by atoms with E-state index in [0.29, 0.717) is 29.9 Å². The number of nitrogens with one attached hydrogen (secondary N) is 2. The molecule has 1 saturated heterocycles. The lowest BCUT2D eigenvalue weighted by Gasteiger charge is -2.26. The van der Waals surface area contributed by atoms with Gasteiger partial charge in [0.25, 0.3) is 5.91 Å². The van der Waals surface area contributed by atoms with Crippen LogP contribution in [0.25, 0.3) is 11.3 Å². The predicted molar refractivity (Wildman–Crippen MR) is 116 cm³/mol. The molecule has 3 aromatic rings. The van der Waals surface area contributed by atoms with Crippen molar-refractivity contribution in [1.29, 1.82) is 0 Å². The molecular weight excluding hydrogens is 404 g/mol. The van der Waals surface area contributed by atoms with E-state index in [0.717, 1.165) is 29.9 Å². The highest BCUT2D eigenvalue weighted by molar-refractivity contribution is 6.30. The number of hydrogen-bond donors (Lipinski definition) is 3. The summed E-state index contributed by atoms with van der Waals surface area (Å²) in [6, 6.07) is 10.6. The molecule has 0 saturated carbocycles. The van der Waals surface area contributed by atoms with Gasteiger partial charge < -0.3 is 25.7 Å². The second-order valence-electron chi connectivity index (χ2n) is 6.96. The number of rotatable bonds is 6. The molecule has 1 atom stereocenters. The number of ether oxygens (including phenoxy) is 1. The van der Waals surface area contributed by atoms with Crippen molar-refractivity contribution in [2.75, 3.05) is 37.7 Å². The number of hydrogen-bond acceptors (Lipinski definition) is 6. The number of H-pyrrole nitrogens is 1. The van der Waals surface area contributed by atoms with Gasteiger partial charge >= 0.3 is 0 Å². The van der Waals surface area contributed by atoms with Crippen LogP contribution in [0.3, 0.4) is 0 Å². The molecule has 0 radical (unpaired) electrons. The maximum absolute atomic E-state index is 12.7. The molecule has 0 bridgehead atoms. The van der Waals surface area contributed by atoms with Crippen LogP contribution in [0.4, 0.5) is 5.95 Å². The fraction of sp³-hybridized carbons (Fsp3) is 0.286. The highest BCUT2D eigenvalue weighted by atomic mass is 35.5. The lowest BCUT2D eigenvalue weighted by Crippen LogP contribution is -2.37. The molecule has 0 aliphatic carbocycles. The van der Waals surface area contributed by atoms with Crippen molar-refractivity contribution in [3.63, 3.8) is 0 Å². The molecule has 156 valence electrons. The SMILES string of the molecule is NCC(NC(=O)c1cc(-c2ccnc(N3CCOCC3)n2)c[nH]1)c1cccc(Cl)c1. The normalized spacial score (nSPS) is 15.1. The Kier molecular flexibility index (Phi) is 6.27. The van der Waals surface area contributed by atoms with Crippen LogP contribution in [0.15, 0.2) is 48.8 Å². The van der Waals surface area contributed by atoms with Crippen LogP contribution in [0.2, 0.25) is 5.02 Å². The topological polar surface area (TPSA) is 109 Å². The Morgan fingerprint density at radius 2 is 2.13 bits per heavy atom. The summed E-state index contributed by atoms with van der Waals surface area (Å²) in [5.74, 6) is 0.409. The number of carbonyl (C=O) groups excluding carboxylic acids is 1. The molecule has 0 spiro atoms. The van der Waals surface area contributed by atoms with E-state index in [1.54, 1.807) is 30.6 Å². The van der Waals surface area contributed by atoms with Gasteiger partial charge in [0, 0.05) is 42.6 Å². The number of nitrogens with two attached hydrogens (primary N) is 1. The summed E-state index contributed by atoms with van der Waals surface area (Å²) in [6.07, 6.45) is 3.49. The number of carbonyl (C=O) groups is 1. The molecule has 1 aromatic carbocycles. The van der Waals surface area contributed by atoms with Gasteiger partial charge in [0.1, 0.15) is 5.69 Å². The quantitative estimate of drug-likeness (QED) is 0.558. The summed E-state index contributed by atoms with van der Waals surface area (Å²) in [5, 5.41) is 3.54. The van der Waals surface area contributed by atoms with E-state index < -0.39 is 0 Å². The van der Waals surface area contributed by atoms with E-state index in [-0.39, 0.29) is 18.5 Å². The summed E-state index contributed by atoms with van der Waals surface area (Å²) in [6.45, 7) is 3.10. The first-order valence-corrected chi connectivity index (χ1v) is 10.1. The second kappa shape index (κ2) is 9.25. The summed E-state index contributed by atoms with van der Waals surface area (Å²) < 4.78 is 5.38. The number of anilines is 1. The van der Waals surface area contributed by atoms with Gasteiger partial charge in [0.05, 0.1) is 24.9 Å². The van der Waals surface area contributed by atoms with Crippen molar-refractivity contribution in [3.05, 3.63) is 65.1 Å². The lowest BCUT2D eigenvalue weighted by atomic mass is 10.1. The van der Waals surface area contributed by atoms with Gasteiger partial charge in [-0.3, -0.25) is 4.79 Å². The van der Waals surface area contributed by atoms with E-state index in [1.165, 1.54) is 0 Å². The number of halogens is 1. The highest BCUT2D eigenvalue weighted by Crippen LogP contribution is 2.22. The molecule has 1 aliphatic rings. The lowest BCUT2D eigenvalue weighted by molar-refractivity contribution is 0.0933. The molecule has 3 heterocycles. The Bertz CT molecular complexity index is 1020. The minimum atomic E-state index is -0.338. The van der Waals surface area contributed by atoms with Gasteiger partial charge in [-0.1, -0.05) is 23.7 Å². The molecule has 4 N–H and O–H groups in total. The number of nitrogens with zero attached hydrogens (tertiary/aromatic N) is 3. The zero-order chi connectivity index (χ0) is 20.9. The number of morpholine rings is 1. The van der Waals surface area contributed by atoms with Crippen LogP contribution >= 0.6 is 11.6 Å². The summed E-state index contributed by atoms with van der Waals surface area (Å²) in [5.41, 5.74) is 8.70. The van der Waals surface area contributed by atoms with Crippen molar-refractivity contribution < 1.29 is 9.53 Å². The van der Waals surface area contributed by atoms with Gasteiger partial charge in [-0.2, -0.15) is 0 Å². The fourth-order valence-electron chi connectivity index (χ4n) is 3.34. The molecule has 4 rings (SSSR count). The summed E-state index contributed by atoms with van der Waals surface area (Å²) >= 11 is 6.06. The van der Waals surface area contributed by atoms with Crippen molar-refractivity contribution >= 4 is 23.5 Å². The average molecular weight is 427 g/mol. The van der Waals surface area contributed by atoms with Gasteiger partial charge in [0.15, 0.2) is 0 Å². The van der Waals surface area contributed by atoms with Crippen molar-refractivity contribution in [2.24, 2.45) is 5.73 Å². The molecule has 2 aromatic heterocycles. The predicted octanol–water partition coefficient (Wildman–Crippen LogP) is 2.39. The van der Waals surface area contributed by atoms with Gasteiger partial charge in [-0.15, -0.1) is 0 Å². The van der Waals surface area contributed by atoms with Crippen molar-refractivity contribution in [2.45, 2.75) is 6.04 Å². The van der Waals surface area contributed by atoms with Gasteiger partial charge in [-0.05, 0) is 29.8 Å². The molecule has 1 fully saturated rings. The number of aromatic amines is 1. The first-order valence-electron chi connectivity index (χ1n) is 9.75. The fourth-order valence-corrected chi connectivity index (χ4v) is 3.53. The largest absolute Gasteiger partial charge is 0.378 e. The van der Waals surface area contributed by atoms with E-state index in [9.17, 15) is 4.79 Å². The maximum Gasteiger partial charge on any atom is 0.268 e. The zero-order valence-electron chi connectivity index (χ0n) is 16.3. The molecule has 8 nitrogen and oxygen atoms in total. The molecule has 9 heteroatoms. The van der Waals surface area contributed by atoms with Crippen LogP contribution in [0.1, 0.15) is 22.1 Å². The van der Waals surface area contributed by atoms with Crippen LogP contribution in [0, 0.1) is 0 Å². The van der Waals surface area contributed by atoms with Crippen LogP contribution in [-0.2, 0) is 4.74 Å². The Labute approximate surface area is 179 Å². The molecular formula is C21H23ClN6O2. The van der Waals surface area contributed by atoms with E-state index in [1.807, 2.05) is 18.2 Å². The second-order valence-corrected chi connectivity index (χ2v) is 7.40. The Morgan fingerprint density at radius 1 is 1.30 bits per heavy atom. The van der Waals surface area contributed by atoms with E-state index in [2.05, 4.69) is 25.2 Å². The third kappa shape index (κ3) is 4.62.